The molecule has 0 bridgehead atoms. The number of nitrogens with zero attached hydrogens (tertiary/aromatic N) is 3. The first-order valence-corrected chi connectivity index (χ1v) is 8.03. The molecule has 1 aliphatic heterocycles. The highest BCUT2D eigenvalue weighted by Crippen LogP contribution is 2.28. The third-order valence-electron chi connectivity index (χ3n) is 3.89. The molecule has 1 unspecified atom stereocenters. The molecule has 2 rings (SSSR count). The van der Waals surface area contributed by atoms with Gasteiger partial charge in [0.15, 0.2) is 0 Å². The van der Waals surface area contributed by atoms with E-state index in [9.17, 15) is 4.79 Å². The number of amides is 1. The maximum Gasteiger partial charge on any atom is 0.257 e. The van der Waals surface area contributed by atoms with Gasteiger partial charge in [0.1, 0.15) is 0 Å². The largest absolute Gasteiger partial charge is 0.382 e. The molecule has 1 saturated heterocycles. The lowest BCUT2D eigenvalue weighted by Crippen LogP contribution is -2.55. The molecule has 0 aliphatic carbocycles. The number of hydrogen-bond donors (Lipinski definition) is 0. The molecule has 1 aromatic rings. The van der Waals surface area contributed by atoms with Crippen molar-refractivity contribution in [1.29, 1.82) is 0 Å². The molecule has 0 aromatic carbocycles. The van der Waals surface area contributed by atoms with E-state index in [2.05, 4.69) is 25.9 Å². The third-order valence-corrected chi connectivity index (χ3v) is 3.89. The number of rotatable bonds is 3. The molecule has 0 spiro atoms. The van der Waals surface area contributed by atoms with Gasteiger partial charge in [-0.25, -0.2) is 0 Å². The van der Waals surface area contributed by atoms with Crippen molar-refractivity contribution in [2.24, 2.45) is 7.05 Å². The van der Waals surface area contributed by atoms with Crippen LogP contribution in [0.4, 0.5) is 0 Å². The number of aryl methyl sites for hydroxylation is 1. The lowest BCUT2D eigenvalue weighted by atomic mass is 9.89. The minimum absolute atomic E-state index is 0.0144. The Morgan fingerprint density at radius 2 is 2.13 bits per heavy atom. The third kappa shape index (κ3) is 4.12. The zero-order chi connectivity index (χ0) is 17.4. The molecule has 130 valence electrons. The summed E-state index contributed by atoms with van der Waals surface area (Å²) in [4.78, 5) is 15.0. The second-order valence-corrected chi connectivity index (χ2v) is 7.96. The van der Waals surface area contributed by atoms with Crippen molar-refractivity contribution in [3.63, 3.8) is 0 Å². The lowest BCUT2D eigenvalue weighted by molar-refractivity contribution is -0.143. The van der Waals surface area contributed by atoms with Crippen LogP contribution >= 0.6 is 0 Å². The van der Waals surface area contributed by atoms with Crippen molar-refractivity contribution < 1.29 is 14.3 Å². The van der Waals surface area contributed by atoms with Crippen molar-refractivity contribution in [2.75, 3.05) is 26.8 Å². The van der Waals surface area contributed by atoms with Crippen LogP contribution in [0.3, 0.4) is 0 Å². The van der Waals surface area contributed by atoms with Crippen LogP contribution in [0.1, 0.15) is 50.7 Å². The molecule has 6 nitrogen and oxygen atoms in total. The minimum Gasteiger partial charge on any atom is -0.382 e. The number of carbonyl (C=O) groups is 1. The van der Waals surface area contributed by atoms with E-state index in [0.29, 0.717) is 25.3 Å². The van der Waals surface area contributed by atoms with E-state index in [1.54, 1.807) is 11.8 Å². The summed E-state index contributed by atoms with van der Waals surface area (Å²) in [6.07, 6.45) is 1.71. The summed E-state index contributed by atoms with van der Waals surface area (Å²) in [7, 11) is 3.50. The zero-order valence-corrected chi connectivity index (χ0v) is 15.3. The fourth-order valence-corrected chi connectivity index (χ4v) is 3.09. The van der Waals surface area contributed by atoms with Gasteiger partial charge >= 0.3 is 0 Å². The summed E-state index contributed by atoms with van der Waals surface area (Å²) in [5.41, 5.74) is 0.938. The average Bonchev–Trinajstić information content (AvgIpc) is 2.78. The highest BCUT2D eigenvalue weighted by Gasteiger charge is 2.37. The smallest absolute Gasteiger partial charge is 0.257 e. The Morgan fingerprint density at radius 1 is 1.48 bits per heavy atom. The standard InChI is InChI=1S/C17H29N3O3/c1-16(2,3)14-13(9-19(6)18-14)15(21)20-8-12(10-22-7)23-17(4,5)11-20/h9,12H,8,10-11H2,1-7H3. The summed E-state index contributed by atoms with van der Waals surface area (Å²) < 4.78 is 12.9. The van der Waals surface area contributed by atoms with E-state index in [1.165, 1.54) is 0 Å². The van der Waals surface area contributed by atoms with Gasteiger partial charge in [-0.1, -0.05) is 20.8 Å². The number of ether oxygens (including phenoxy) is 2. The zero-order valence-electron chi connectivity index (χ0n) is 15.3. The number of morpholine rings is 1. The maximum absolute atomic E-state index is 13.1. The molecule has 1 amide bonds. The SMILES string of the molecule is COCC1CN(C(=O)c2cn(C)nc2C(C)(C)C)CC(C)(C)O1. The molecule has 1 atom stereocenters. The first-order valence-electron chi connectivity index (χ1n) is 8.03. The predicted molar refractivity (Wildman–Crippen MR) is 88.6 cm³/mol. The fourth-order valence-electron chi connectivity index (χ4n) is 3.09. The lowest BCUT2D eigenvalue weighted by Gasteiger charge is -2.42. The van der Waals surface area contributed by atoms with Gasteiger partial charge in [-0.3, -0.25) is 9.48 Å². The van der Waals surface area contributed by atoms with E-state index in [-0.39, 0.29) is 23.0 Å². The molecular weight excluding hydrogens is 294 g/mol. The molecule has 1 fully saturated rings. The molecule has 23 heavy (non-hydrogen) atoms. The number of carbonyl (C=O) groups excluding carboxylic acids is 1. The van der Waals surface area contributed by atoms with Gasteiger partial charge in [-0.15, -0.1) is 0 Å². The Balaban J connectivity index is 2.29. The summed E-state index contributed by atoms with van der Waals surface area (Å²) in [5.74, 6) is 0.0144. The molecule has 1 aromatic heterocycles. The Kier molecular flexibility index (Phi) is 4.87. The first-order chi connectivity index (χ1) is 10.5. The normalized spacial score (nSPS) is 21.5. The highest BCUT2D eigenvalue weighted by atomic mass is 16.5. The summed E-state index contributed by atoms with van der Waals surface area (Å²) in [6.45, 7) is 11.8. The van der Waals surface area contributed by atoms with E-state index < -0.39 is 0 Å². The van der Waals surface area contributed by atoms with E-state index in [1.807, 2.05) is 32.0 Å². The molecule has 1 aliphatic rings. The second-order valence-electron chi connectivity index (χ2n) is 7.96. The van der Waals surface area contributed by atoms with Crippen LogP contribution in [0.2, 0.25) is 0 Å². The molecule has 6 heteroatoms. The minimum atomic E-state index is -0.388. The van der Waals surface area contributed by atoms with E-state index in [0.717, 1.165) is 5.69 Å². The van der Waals surface area contributed by atoms with Crippen LogP contribution in [0.15, 0.2) is 6.20 Å². The number of methoxy groups -OCH3 is 1. The van der Waals surface area contributed by atoms with Crippen molar-refractivity contribution >= 4 is 5.91 Å². The van der Waals surface area contributed by atoms with Crippen LogP contribution in [-0.2, 0) is 21.9 Å². The van der Waals surface area contributed by atoms with Crippen molar-refractivity contribution in [3.05, 3.63) is 17.5 Å². The van der Waals surface area contributed by atoms with Crippen LogP contribution in [0, 0.1) is 0 Å². The Bertz CT molecular complexity index is 572. The Hall–Kier alpha value is -1.40. The average molecular weight is 323 g/mol. The quantitative estimate of drug-likeness (QED) is 0.853. The topological polar surface area (TPSA) is 56.6 Å². The molecule has 0 saturated carbocycles. The first kappa shape index (κ1) is 17.9. The van der Waals surface area contributed by atoms with Crippen molar-refractivity contribution in [1.82, 2.24) is 14.7 Å². The van der Waals surface area contributed by atoms with Crippen LogP contribution in [0.25, 0.3) is 0 Å². The predicted octanol–water partition coefficient (Wildman–Crippen LogP) is 1.98. The van der Waals surface area contributed by atoms with Crippen molar-refractivity contribution in [3.8, 4) is 0 Å². The van der Waals surface area contributed by atoms with Gasteiger partial charge < -0.3 is 14.4 Å². The molecule has 0 radical (unpaired) electrons. The van der Waals surface area contributed by atoms with Gasteiger partial charge in [0.2, 0.25) is 0 Å². The fraction of sp³-hybridized carbons (Fsp3) is 0.765. The van der Waals surface area contributed by atoms with E-state index in [4.69, 9.17) is 9.47 Å². The van der Waals surface area contributed by atoms with Gasteiger partial charge in [0, 0.05) is 38.9 Å². The summed E-state index contributed by atoms with van der Waals surface area (Å²) in [6, 6.07) is 0. The number of aromatic nitrogens is 2. The maximum atomic E-state index is 13.1. The van der Waals surface area contributed by atoms with Gasteiger partial charge in [-0.05, 0) is 13.8 Å². The second kappa shape index (κ2) is 6.24. The Labute approximate surface area is 138 Å². The Morgan fingerprint density at radius 3 is 2.70 bits per heavy atom. The highest BCUT2D eigenvalue weighted by molar-refractivity contribution is 5.95. The van der Waals surface area contributed by atoms with Crippen molar-refractivity contribution in [2.45, 2.75) is 51.7 Å². The van der Waals surface area contributed by atoms with E-state index >= 15 is 0 Å². The molecule has 0 N–H and O–H groups in total. The van der Waals surface area contributed by atoms with Crippen LogP contribution in [-0.4, -0.2) is 59.1 Å². The summed E-state index contributed by atoms with van der Waals surface area (Å²) >= 11 is 0. The van der Waals surface area contributed by atoms with Gasteiger partial charge in [0.25, 0.3) is 5.91 Å². The molecule has 2 heterocycles. The monoisotopic (exact) mass is 323 g/mol. The van der Waals surface area contributed by atoms with Gasteiger partial charge in [-0.2, -0.15) is 5.10 Å². The molecular formula is C17H29N3O3. The summed E-state index contributed by atoms with van der Waals surface area (Å²) in [5, 5.41) is 4.50. The number of hydrogen-bond acceptors (Lipinski definition) is 4. The van der Waals surface area contributed by atoms with Crippen LogP contribution in [0.5, 0.6) is 0 Å². The van der Waals surface area contributed by atoms with Gasteiger partial charge in [0.05, 0.1) is 29.6 Å². The van der Waals surface area contributed by atoms with Crippen LogP contribution < -0.4 is 0 Å².